The topological polar surface area (TPSA) is 103 Å². The van der Waals surface area contributed by atoms with Crippen molar-refractivity contribution in [3.63, 3.8) is 0 Å². The fraction of sp³-hybridized carbons (Fsp3) is 0.393. The van der Waals surface area contributed by atoms with Crippen LogP contribution in [0.25, 0.3) is 11.0 Å². The summed E-state index contributed by atoms with van der Waals surface area (Å²) in [5, 5.41) is 13.6. The lowest BCUT2D eigenvalue weighted by molar-refractivity contribution is 0.0153. The molecule has 1 saturated heterocycles. The number of likely N-dealkylation sites (tertiary alicyclic amines) is 1. The number of hydrogen-bond donors (Lipinski definition) is 2. The normalized spacial score (nSPS) is 19.1. The lowest BCUT2D eigenvalue weighted by Gasteiger charge is -2.47. The third kappa shape index (κ3) is 4.49. The Morgan fingerprint density at radius 1 is 1.13 bits per heavy atom. The zero-order valence-corrected chi connectivity index (χ0v) is 22.0. The number of halogens is 1. The molecular weight excluding hydrogens is 483 g/mol. The van der Waals surface area contributed by atoms with Gasteiger partial charge in [-0.3, -0.25) is 14.8 Å². The Bertz CT molecular complexity index is 1530. The van der Waals surface area contributed by atoms with Crippen LogP contribution in [0.15, 0.2) is 36.5 Å². The van der Waals surface area contributed by atoms with Crippen molar-refractivity contribution in [3.8, 4) is 0 Å². The molecule has 0 radical (unpaired) electrons. The highest BCUT2D eigenvalue weighted by Crippen LogP contribution is 2.36. The molecule has 38 heavy (non-hydrogen) atoms. The van der Waals surface area contributed by atoms with Crippen molar-refractivity contribution in [1.82, 2.24) is 35.2 Å². The van der Waals surface area contributed by atoms with Gasteiger partial charge in [0, 0.05) is 54.7 Å². The average molecular weight is 515 g/mol. The van der Waals surface area contributed by atoms with E-state index in [4.69, 9.17) is 4.98 Å². The molecule has 1 unspecified atom stereocenters. The summed E-state index contributed by atoms with van der Waals surface area (Å²) in [7, 11) is 0. The third-order valence-electron chi connectivity index (χ3n) is 7.72. The number of benzene rings is 2. The molecule has 1 atom stereocenters. The summed E-state index contributed by atoms with van der Waals surface area (Å²) in [4.78, 5) is 27.0. The van der Waals surface area contributed by atoms with E-state index in [2.05, 4.69) is 76.5 Å². The molecule has 4 aromatic rings. The van der Waals surface area contributed by atoms with Gasteiger partial charge in [-0.2, -0.15) is 0 Å². The lowest BCUT2D eigenvalue weighted by atomic mass is 9.85. The molecular formula is C28H31FN8O. The van der Waals surface area contributed by atoms with Crippen molar-refractivity contribution >= 4 is 28.6 Å². The van der Waals surface area contributed by atoms with E-state index in [0.717, 1.165) is 42.9 Å². The molecule has 6 rings (SSSR count). The van der Waals surface area contributed by atoms with Gasteiger partial charge in [-0.15, -0.1) is 5.10 Å². The molecule has 0 aliphatic carbocycles. The molecule has 2 aliphatic rings. The first-order valence-electron chi connectivity index (χ1n) is 12.9. The highest BCUT2D eigenvalue weighted by molar-refractivity contribution is 5.98. The number of fused-ring (bicyclic) bond motifs is 2. The number of piperidine rings is 1. The van der Waals surface area contributed by atoms with Crippen LogP contribution >= 0.6 is 0 Å². The van der Waals surface area contributed by atoms with E-state index < -0.39 is 11.4 Å². The van der Waals surface area contributed by atoms with Gasteiger partial charge in [-0.05, 0) is 69.9 Å². The molecule has 2 aromatic heterocycles. The van der Waals surface area contributed by atoms with Crippen LogP contribution in [0.3, 0.4) is 0 Å². The van der Waals surface area contributed by atoms with Crippen molar-refractivity contribution < 1.29 is 9.18 Å². The highest BCUT2D eigenvalue weighted by atomic mass is 19.1. The van der Waals surface area contributed by atoms with Crippen molar-refractivity contribution in [2.45, 2.75) is 65.2 Å². The Kier molecular flexibility index (Phi) is 5.86. The number of carbonyl (C=O) groups excluding carboxylic acids is 1. The summed E-state index contributed by atoms with van der Waals surface area (Å²) >= 11 is 0. The summed E-state index contributed by atoms with van der Waals surface area (Å²) in [6.07, 6.45) is 3.50. The fourth-order valence-corrected chi connectivity index (χ4v) is 5.91. The summed E-state index contributed by atoms with van der Waals surface area (Å²) in [5.41, 5.74) is 6.07. The smallest absolute Gasteiger partial charge is 0.257 e. The van der Waals surface area contributed by atoms with E-state index in [1.54, 1.807) is 4.90 Å². The minimum Gasteiger partial charge on any atom is -0.333 e. The summed E-state index contributed by atoms with van der Waals surface area (Å²) in [6.45, 7) is 10.3. The Morgan fingerprint density at radius 3 is 2.68 bits per heavy atom. The quantitative estimate of drug-likeness (QED) is 0.409. The predicted octanol–water partition coefficient (Wildman–Crippen LogP) is 4.65. The number of nitrogens with zero attached hydrogens (tertiary/aromatic N) is 6. The second-order valence-electron chi connectivity index (χ2n) is 11.1. The molecule has 2 aliphatic heterocycles. The van der Waals surface area contributed by atoms with Gasteiger partial charge < -0.3 is 10.2 Å². The van der Waals surface area contributed by atoms with Crippen LogP contribution in [-0.4, -0.2) is 59.2 Å². The predicted molar refractivity (Wildman–Crippen MR) is 142 cm³/mol. The minimum atomic E-state index is -0.565. The van der Waals surface area contributed by atoms with Crippen LogP contribution < -0.4 is 5.32 Å². The lowest BCUT2D eigenvalue weighted by Crippen LogP contribution is -2.56. The van der Waals surface area contributed by atoms with Crippen molar-refractivity contribution in [3.05, 3.63) is 70.3 Å². The Balaban J connectivity index is 1.14. The van der Waals surface area contributed by atoms with Gasteiger partial charge in [0.25, 0.3) is 5.91 Å². The van der Waals surface area contributed by atoms with E-state index in [1.165, 1.54) is 23.3 Å². The van der Waals surface area contributed by atoms with Gasteiger partial charge >= 0.3 is 0 Å². The molecule has 4 heterocycles. The SMILES string of the molecule is Cc1cc(C)cc(Nc2ncc3c(n2)CN(C2CCN(C(=O)c4cc5nn[nH]c5cc4F)C(C)(C)C2)C3)c1. The van der Waals surface area contributed by atoms with Crippen LogP contribution in [0.2, 0.25) is 0 Å². The van der Waals surface area contributed by atoms with Gasteiger partial charge in [-0.25, -0.2) is 14.4 Å². The Morgan fingerprint density at radius 2 is 1.92 bits per heavy atom. The zero-order valence-electron chi connectivity index (χ0n) is 22.0. The van der Waals surface area contributed by atoms with Gasteiger partial charge in [0.2, 0.25) is 5.95 Å². The van der Waals surface area contributed by atoms with Crippen LogP contribution in [0.4, 0.5) is 16.0 Å². The van der Waals surface area contributed by atoms with Gasteiger partial charge in [-0.1, -0.05) is 11.3 Å². The second kappa shape index (κ2) is 9.13. The maximum absolute atomic E-state index is 14.8. The first-order chi connectivity index (χ1) is 18.2. The molecule has 0 spiro atoms. The van der Waals surface area contributed by atoms with Crippen LogP contribution in [-0.2, 0) is 13.1 Å². The van der Waals surface area contributed by atoms with E-state index >= 15 is 0 Å². The van der Waals surface area contributed by atoms with Gasteiger partial charge in [0.15, 0.2) is 0 Å². The number of aryl methyl sites for hydroxylation is 2. The average Bonchev–Trinajstić information content (AvgIpc) is 3.48. The fourth-order valence-electron chi connectivity index (χ4n) is 5.91. The van der Waals surface area contributed by atoms with Crippen molar-refractivity contribution in [2.24, 2.45) is 0 Å². The Labute approximate surface area is 220 Å². The number of aromatic amines is 1. The van der Waals surface area contributed by atoms with E-state index in [1.807, 2.05) is 6.20 Å². The molecule has 0 saturated carbocycles. The third-order valence-corrected chi connectivity index (χ3v) is 7.72. The van der Waals surface area contributed by atoms with E-state index in [0.29, 0.717) is 23.5 Å². The minimum absolute atomic E-state index is 0.0330. The standard InChI is InChI=1S/C28H31FN8O/c1-16-7-17(2)9-19(8-16)31-27-30-13-18-14-36(15-25(18)32-27)20-5-6-37(28(3,4)12-20)26(38)21-10-23-24(11-22(21)29)34-35-33-23/h7-11,13,20H,5-6,12,14-15H2,1-4H3,(H,30,31,32)(H,33,34,35). The van der Waals surface area contributed by atoms with Gasteiger partial charge in [0.05, 0.1) is 16.8 Å². The monoisotopic (exact) mass is 514 g/mol. The van der Waals surface area contributed by atoms with E-state index in [9.17, 15) is 9.18 Å². The maximum atomic E-state index is 14.8. The number of H-pyrrole nitrogens is 1. The Hall–Kier alpha value is -3.92. The molecule has 2 N–H and O–H groups in total. The van der Waals surface area contributed by atoms with Crippen LogP contribution in [0.1, 0.15) is 59.4 Å². The molecule has 10 heteroatoms. The first-order valence-corrected chi connectivity index (χ1v) is 12.9. The van der Waals surface area contributed by atoms with Crippen molar-refractivity contribution in [2.75, 3.05) is 11.9 Å². The van der Waals surface area contributed by atoms with Crippen LogP contribution in [0, 0.1) is 19.7 Å². The first kappa shape index (κ1) is 24.4. The van der Waals surface area contributed by atoms with Gasteiger partial charge in [0.1, 0.15) is 11.3 Å². The number of hydrogen-bond acceptors (Lipinski definition) is 7. The number of aromatic nitrogens is 5. The molecule has 196 valence electrons. The largest absolute Gasteiger partial charge is 0.333 e. The molecule has 1 fully saturated rings. The highest BCUT2D eigenvalue weighted by Gasteiger charge is 2.41. The summed E-state index contributed by atoms with van der Waals surface area (Å²) < 4.78 is 14.8. The molecule has 2 aromatic carbocycles. The molecule has 1 amide bonds. The second-order valence-corrected chi connectivity index (χ2v) is 11.1. The molecule has 0 bridgehead atoms. The molecule has 9 nitrogen and oxygen atoms in total. The van der Waals surface area contributed by atoms with E-state index in [-0.39, 0.29) is 17.5 Å². The zero-order chi connectivity index (χ0) is 26.6. The number of anilines is 2. The maximum Gasteiger partial charge on any atom is 0.257 e. The van der Waals surface area contributed by atoms with Crippen LogP contribution in [0.5, 0.6) is 0 Å². The summed E-state index contributed by atoms with van der Waals surface area (Å²) in [6, 6.07) is 9.36. The number of rotatable bonds is 4. The number of carbonyl (C=O) groups is 1. The van der Waals surface area contributed by atoms with Crippen molar-refractivity contribution in [1.29, 1.82) is 0 Å². The summed E-state index contributed by atoms with van der Waals surface area (Å²) in [5.74, 6) is -0.277. The number of nitrogens with one attached hydrogen (secondary N) is 2. The number of amides is 1.